The Morgan fingerprint density at radius 2 is 2.12 bits per heavy atom. The van der Waals surface area contributed by atoms with E-state index in [1.165, 1.54) is 7.11 Å². The lowest BCUT2D eigenvalue weighted by Gasteiger charge is -2.11. The van der Waals surface area contributed by atoms with E-state index in [9.17, 15) is 5.11 Å². The van der Waals surface area contributed by atoms with Crippen LogP contribution in [0.5, 0.6) is 11.5 Å². The van der Waals surface area contributed by atoms with E-state index in [1.807, 2.05) is 6.07 Å². The van der Waals surface area contributed by atoms with Crippen molar-refractivity contribution in [1.29, 1.82) is 0 Å². The number of aliphatic hydroxyl groups excluding tert-OH is 1. The standard InChI is InChI=1S/C11H16BrNO3.ClH/c1-7(14)5-13-6-8-3-9(12)4-10(16-2)11(8)15;/h3-4,7,13-15H,5-6H2,1-2H3;1H. The van der Waals surface area contributed by atoms with E-state index in [0.717, 1.165) is 10.0 Å². The van der Waals surface area contributed by atoms with Crippen molar-refractivity contribution < 1.29 is 14.9 Å². The molecular weight excluding hydrogens is 309 g/mol. The number of hydrogen-bond donors (Lipinski definition) is 3. The Kier molecular flexibility index (Phi) is 7.54. The highest BCUT2D eigenvalue weighted by Gasteiger charge is 2.09. The minimum absolute atomic E-state index is 0. The summed E-state index contributed by atoms with van der Waals surface area (Å²) in [5.74, 6) is 0.562. The molecule has 0 amide bonds. The third-order valence-electron chi connectivity index (χ3n) is 2.09. The van der Waals surface area contributed by atoms with Crippen LogP contribution in [-0.2, 0) is 6.54 Å². The van der Waals surface area contributed by atoms with E-state index < -0.39 is 6.10 Å². The van der Waals surface area contributed by atoms with Crippen molar-refractivity contribution in [2.45, 2.75) is 19.6 Å². The van der Waals surface area contributed by atoms with Crippen LogP contribution in [0, 0.1) is 0 Å². The molecule has 3 N–H and O–H groups in total. The smallest absolute Gasteiger partial charge is 0.162 e. The van der Waals surface area contributed by atoms with Crippen LogP contribution in [0.25, 0.3) is 0 Å². The lowest BCUT2D eigenvalue weighted by molar-refractivity contribution is 0.191. The Morgan fingerprint density at radius 1 is 1.47 bits per heavy atom. The van der Waals surface area contributed by atoms with Crippen molar-refractivity contribution in [2.24, 2.45) is 0 Å². The summed E-state index contributed by atoms with van der Waals surface area (Å²) in [4.78, 5) is 0. The van der Waals surface area contributed by atoms with Gasteiger partial charge in [-0.2, -0.15) is 0 Å². The van der Waals surface area contributed by atoms with Crippen LogP contribution in [0.3, 0.4) is 0 Å². The van der Waals surface area contributed by atoms with Gasteiger partial charge in [0.25, 0.3) is 0 Å². The predicted molar refractivity (Wildman–Crippen MR) is 73.0 cm³/mol. The van der Waals surface area contributed by atoms with Gasteiger partial charge in [-0.3, -0.25) is 0 Å². The Bertz CT molecular complexity index is 361. The van der Waals surface area contributed by atoms with E-state index in [-0.39, 0.29) is 18.2 Å². The third kappa shape index (κ3) is 5.12. The molecule has 1 aromatic carbocycles. The van der Waals surface area contributed by atoms with Crippen LogP contribution in [0.2, 0.25) is 0 Å². The van der Waals surface area contributed by atoms with Crippen LogP contribution < -0.4 is 10.1 Å². The first kappa shape index (κ1) is 16.5. The molecule has 1 aromatic rings. The van der Waals surface area contributed by atoms with Gasteiger partial charge in [0.2, 0.25) is 0 Å². The van der Waals surface area contributed by atoms with Crippen molar-refractivity contribution >= 4 is 28.3 Å². The molecule has 98 valence electrons. The number of aliphatic hydroxyl groups is 1. The maximum atomic E-state index is 9.83. The number of benzene rings is 1. The molecule has 6 heteroatoms. The molecule has 0 bridgehead atoms. The summed E-state index contributed by atoms with van der Waals surface area (Å²) in [5.41, 5.74) is 0.729. The lowest BCUT2D eigenvalue weighted by Crippen LogP contribution is -2.23. The molecule has 0 radical (unpaired) electrons. The van der Waals surface area contributed by atoms with Gasteiger partial charge < -0.3 is 20.3 Å². The van der Waals surface area contributed by atoms with Gasteiger partial charge in [0.1, 0.15) is 0 Å². The summed E-state index contributed by atoms with van der Waals surface area (Å²) in [5, 5.41) is 22.0. The molecule has 0 saturated carbocycles. The zero-order chi connectivity index (χ0) is 12.1. The van der Waals surface area contributed by atoms with Crippen molar-refractivity contribution in [3.63, 3.8) is 0 Å². The molecule has 1 rings (SSSR count). The quantitative estimate of drug-likeness (QED) is 0.775. The minimum atomic E-state index is -0.406. The second-order valence-electron chi connectivity index (χ2n) is 3.60. The van der Waals surface area contributed by atoms with Crippen LogP contribution >= 0.6 is 28.3 Å². The highest BCUT2D eigenvalue weighted by atomic mass is 79.9. The number of aromatic hydroxyl groups is 1. The average Bonchev–Trinajstić information content (AvgIpc) is 2.22. The summed E-state index contributed by atoms with van der Waals surface area (Å²) in [6, 6.07) is 3.51. The molecule has 17 heavy (non-hydrogen) atoms. The molecule has 0 aliphatic heterocycles. The first-order chi connectivity index (χ1) is 7.54. The Balaban J connectivity index is 0.00000256. The van der Waals surface area contributed by atoms with E-state index >= 15 is 0 Å². The average molecular weight is 327 g/mol. The summed E-state index contributed by atoms with van der Waals surface area (Å²) in [6.07, 6.45) is -0.406. The predicted octanol–water partition coefficient (Wildman–Crippen LogP) is 2.06. The number of methoxy groups -OCH3 is 1. The molecule has 0 aliphatic rings. The number of nitrogens with one attached hydrogen (secondary N) is 1. The minimum Gasteiger partial charge on any atom is -0.504 e. The van der Waals surface area contributed by atoms with Crippen LogP contribution in [0.4, 0.5) is 0 Å². The highest BCUT2D eigenvalue weighted by molar-refractivity contribution is 9.10. The molecule has 0 fully saturated rings. The van der Waals surface area contributed by atoms with Gasteiger partial charge in [-0.25, -0.2) is 0 Å². The maximum absolute atomic E-state index is 9.83. The Morgan fingerprint density at radius 3 is 2.65 bits per heavy atom. The Hall–Kier alpha value is -0.490. The molecule has 1 unspecified atom stereocenters. The number of rotatable bonds is 5. The normalized spacial score (nSPS) is 11.8. The van der Waals surface area contributed by atoms with E-state index in [1.54, 1.807) is 13.0 Å². The van der Waals surface area contributed by atoms with Crippen molar-refractivity contribution in [1.82, 2.24) is 5.32 Å². The lowest BCUT2D eigenvalue weighted by atomic mass is 10.2. The first-order valence-electron chi connectivity index (χ1n) is 4.98. The first-order valence-corrected chi connectivity index (χ1v) is 5.78. The second-order valence-corrected chi connectivity index (χ2v) is 4.51. The molecule has 4 nitrogen and oxygen atoms in total. The summed E-state index contributed by atoms with van der Waals surface area (Å²) in [7, 11) is 1.51. The number of phenolic OH excluding ortho intramolecular Hbond substituents is 1. The van der Waals surface area contributed by atoms with E-state index in [2.05, 4.69) is 21.2 Å². The summed E-state index contributed by atoms with van der Waals surface area (Å²) < 4.78 is 5.88. The molecular formula is C11H17BrClNO3. The van der Waals surface area contributed by atoms with Crippen LogP contribution in [-0.4, -0.2) is 30.0 Å². The molecule has 0 aromatic heterocycles. The van der Waals surface area contributed by atoms with Gasteiger partial charge in [-0.1, -0.05) is 15.9 Å². The molecule has 1 atom stereocenters. The monoisotopic (exact) mass is 325 g/mol. The molecule has 0 spiro atoms. The van der Waals surface area contributed by atoms with Gasteiger partial charge in [-0.15, -0.1) is 12.4 Å². The fourth-order valence-electron chi connectivity index (χ4n) is 1.33. The van der Waals surface area contributed by atoms with Crippen molar-refractivity contribution in [3.05, 3.63) is 22.2 Å². The summed E-state index contributed by atoms with van der Waals surface area (Å²) in [6.45, 7) is 2.66. The summed E-state index contributed by atoms with van der Waals surface area (Å²) >= 11 is 3.34. The Labute approximate surface area is 116 Å². The van der Waals surface area contributed by atoms with Crippen molar-refractivity contribution in [3.8, 4) is 11.5 Å². The number of hydrogen-bond acceptors (Lipinski definition) is 4. The van der Waals surface area contributed by atoms with Gasteiger partial charge in [0.05, 0.1) is 13.2 Å². The number of ether oxygens (including phenoxy) is 1. The topological polar surface area (TPSA) is 61.7 Å². The van der Waals surface area contributed by atoms with Gasteiger partial charge in [0.15, 0.2) is 11.5 Å². The molecule has 0 heterocycles. The maximum Gasteiger partial charge on any atom is 0.162 e. The highest BCUT2D eigenvalue weighted by Crippen LogP contribution is 2.33. The van der Waals surface area contributed by atoms with Gasteiger partial charge in [-0.05, 0) is 19.1 Å². The fourth-order valence-corrected chi connectivity index (χ4v) is 1.82. The van der Waals surface area contributed by atoms with Crippen LogP contribution in [0.1, 0.15) is 12.5 Å². The number of phenols is 1. The number of halogens is 2. The zero-order valence-electron chi connectivity index (χ0n) is 9.74. The third-order valence-corrected chi connectivity index (χ3v) is 2.55. The second kappa shape index (κ2) is 7.76. The molecule has 0 saturated heterocycles. The van der Waals surface area contributed by atoms with Crippen LogP contribution in [0.15, 0.2) is 16.6 Å². The van der Waals surface area contributed by atoms with E-state index in [4.69, 9.17) is 9.84 Å². The van der Waals surface area contributed by atoms with Gasteiger partial charge in [0, 0.05) is 23.1 Å². The van der Waals surface area contributed by atoms with E-state index in [0.29, 0.717) is 18.8 Å². The van der Waals surface area contributed by atoms with Gasteiger partial charge >= 0.3 is 0 Å². The fraction of sp³-hybridized carbons (Fsp3) is 0.455. The largest absolute Gasteiger partial charge is 0.504 e. The zero-order valence-corrected chi connectivity index (χ0v) is 12.1. The SMILES string of the molecule is COc1cc(Br)cc(CNCC(C)O)c1O.Cl. The van der Waals surface area contributed by atoms with Crippen molar-refractivity contribution in [2.75, 3.05) is 13.7 Å². The molecule has 0 aliphatic carbocycles.